The van der Waals surface area contributed by atoms with Gasteiger partial charge in [0.05, 0.1) is 12.1 Å². The molecule has 3 nitrogen and oxygen atoms in total. The molecule has 0 aromatic heterocycles. The van der Waals surface area contributed by atoms with Crippen LogP contribution in [-0.4, -0.2) is 37.1 Å². The molecule has 1 aromatic carbocycles. The zero-order valence-corrected chi connectivity index (χ0v) is 9.63. The smallest absolute Gasteiger partial charge is 0.0950 e. The third-order valence-electron chi connectivity index (χ3n) is 3.17. The minimum Gasteiger partial charge on any atom is -0.369 e. The molecule has 1 saturated heterocycles. The van der Waals surface area contributed by atoms with Gasteiger partial charge in [-0.05, 0) is 19.1 Å². The fourth-order valence-corrected chi connectivity index (χ4v) is 2.09. The number of hydrogen-bond acceptors (Lipinski definition) is 3. The number of benzene rings is 1. The second kappa shape index (κ2) is 5.00. The highest BCUT2D eigenvalue weighted by Gasteiger charge is 2.20. The van der Waals surface area contributed by atoms with Crippen molar-refractivity contribution in [3.8, 4) is 6.07 Å². The minimum atomic E-state index is 0.0397. The van der Waals surface area contributed by atoms with Crippen molar-refractivity contribution in [1.29, 1.82) is 5.26 Å². The Kier molecular flexibility index (Phi) is 3.43. The molecule has 1 fully saturated rings. The number of nitrogens with zero attached hydrogens (tertiary/aromatic N) is 3. The number of anilines is 1. The fourth-order valence-electron chi connectivity index (χ4n) is 2.09. The molecule has 0 saturated carbocycles. The van der Waals surface area contributed by atoms with E-state index in [0.29, 0.717) is 0 Å². The van der Waals surface area contributed by atoms with Crippen molar-refractivity contribution in [2.75, 3.05) is 31.1 Å². The quantitative estimate of drug-likeness (QED) is 0.752. The summed E-state index contributed by atoms with van der Waals surface area (Å²) in [6, 6.07) is 12.8. The average Bonchev–Trinajstić information content (AvgIpc) is 2.39. The second-order valence-electron chi connectivity index (χ2n) is 4.16. The van der Waals surface area contributed by atoms with Crippen molar-refractivity contribution in [3.63, 3.8) is 0 Å². The molecule has 1 aliphatic rings. The molecule has 16 heavy (non-hydrogen) atoms. The fraction of sp³-hybridized carbons (Fsp3) is 0.462. The van der Waals surface area contributed by atoms with Gasteiger partial charge in [0.1, 0.15) is 0 Å². The number of nitriles is 1. The van der Waals surface area contributed by atoms with Crippen LogP contribution in [0.25, 0.3) is 0 Å². The molecule has 1 aliphatic heterocycles. The van der Waals surface area contributed by atoms with E-state index in [2.05, 4.69) is 40.1 Å². The first-order valence-electron chi connectivity index (χ1n) is 5.75. The van der Waals surface area contributed by atoms with E-state index < -0.39 is 0 Å². The molecular formula is C13H17N3. The molecule has 0 N–H and O–H groups in total. The lowest BCUT2D eigenvalue weighted by Gasteiger charge is -2.37. The summed E-state index contributed by atoms with van der Waals surface area (Å²) in [5.41, 5.74) is 1.28. The van der Waals surface area contributed by atoms with E-state index in [9.17, 15) is 0 Å². The molecule has 0 aliphatic carbocycles. The van der Waals surface area contributed by atoms with Crippen LogP contribution in [0, 0.1) is 11.3 Å². The first kappa shape index (κ1) is 11.0. The lowest BCUT2D eigenvalue weighted by Crippen LogP contribution is -2.49. The number of hydrogen-bond donors (Lipinski definition) is 0. The van der Waals surface area contributed by atoms with Gasteiger partial charge in [0.2, 0.25) is 0 Å². The highest BCUT2D eigenvalue weighted by atomic mass is 15.3. The first-order chi connectivity index (χ1) is 7.81. The molecule has 84 valence electrons. The van der Waals surface area contributed by atoms with Crippen molar-refractivity contribution in [1.82, 2.24) is 4.90 Å². The van der Waals surface area contributed by atoms with Crippen molar-refractivity contribution in [2.24, 2.45) is 0 Å². The SMILES string of the molecule is C[C@H](C#N)N1CCN(c2ccccc2)CC1. The van der Waals surface area contributed by atoms with E-state index in [0.717, 1.165) is 26.2 Å². The van der Waals surface area contributed by atoms with Gasteiger partial charge < -0.3 is 4.90 Å². The van der Waals surface area contributed by atoms with Crippen LogP contribution in [0.3, 0.4) is 0 Å². The van der Waals surface area contributed by atoms with Crippen LogP contribution in [0.2, 0.25) is 0 Å². The summed E-state index contributed by atoms with van der Waals surface area (Å²) in [6.45, 7) is 5.94. The molecule has 0 bridgehead atoms. The average molecular weight is 215 g/mol. The van der Waals surface area contributed by atoms with Gasteiger partial charge in [-0.2, -0.15) is 5.26 Å². The summed E-state index contributed by atoms with van der Waals surface area (Å²) < 4.78 is 0. The lowest BCUT2D eigenvalue weighted by molar-refractivity contribution is 0.231. The van der Waals surface area contributed by atoms with E-state index in [4.69, 9.17) is 5.26 Å². The van der Waals surface area contributed by atoms with Gasteiger partial charge in [0.25, 0.3) is 0 Å². The predicted octanol–water partition coefficient (Wildman–Crippen LogP) is 1.72. The molecule has 0 unspecified atom stereocenters. The highest BCUT2D eigenvalue weighted by Crippen LogP contribution is 2.16. The Hall–Kier alpha value is -1.53. The van der Waals surface area contributed by atoms with Gasteiger partial charge in [-0.15, -0.1) is 0 Å². The Morgan fingerprint density at radius 2 is 1.75 bits per heavy atom. The number of para-hydroxylation sites is 1. The Morgan fingerprint density at radius 3 is 2.31 bits per heavy atom. The van der Waals surface area contributed by atoms with Gasteiger partial charge in [-0.3, -0.25) is 4.90 Å². The van der Waals surface area contributed by atoms with Crippen LogP contribution in [0.15, 0.2) is 30.3 Å². The number of piperazine rings is 1. The Bertz CT molecular complexity index is 361. The largest absolute Gasteiger partial charge is 0.369 e. The molecule has 0 radical (unpaired) electrons. The standard InChI is InChI=1S/C13H17N3/c1-12(11-14)15-7-9-16(10-8-15)13-5-3-2-4-6-13/h2-6,12H,7-10H2,1H3/t12-/m1/s1. The minimum absolute atomic E-state index is 0.0397. The normalized spacial score (nSPS) is 19.1. The van der Waals surface area contributed by atoms with Gasteiger partial charge in [0.15, 0.2) is 0 Å². The molecule has 1 aromatic rings. The van der Waals surface area contributed by atoms with E-state index in [1.807, 2.05) is 13.0 Å². The lowest BCUT2D eigenvalue weighted by atomic mass is 10.2. The van der Waals surface area contributed by atoms with E-state index in [1.165, 1.54) is 5.69 Å². The van der Waals surface area contributed by atoms with Crippen molar-refractivity contribution in [3.05, 3.63) is 30.3 Å². The molecule has 0 spiro atoms. The van der Waals surface area contributed by atoms with Gasteiger partial charge >= 0.3 is 0 Å². The van der Waals surface area contributed by atoms with Crippen LogP contribution in [0.4, 0.5) is 5.69 Å². The van der Waals surface area contributed by atoms with Crippen LogP contribution in [0.1, 0.15) is 6.92 Å². The van der Waals surface area contributed by atoms with Crippen LogP contribution >= 0.6 is 0 Å². The molecule has 1 heterocycles. The maximum Gasteiger partial charge on any atom is 0.0950 e. The maximum absolute atomic E-state index is 8.86. The third kappa shape index (κ3) is 2.34. The summed E-state index contributed by atoms with van der Waals surface area (Å²) in [5.74, 6) is 0. The predicted molar refractivity (Wildman–Crippen MR) is 65.3 cm³/mol. The topological polar surface area (TPSA) is 30.3 Å². The van der Waals surface area contributed by atoms with Crippen LogP contribution < -0.4 is 4.90 Å². The first-order valence-corrected chi connectivity index (χ1v) is 5.75. The number of rotatable bonds is 2. The summed E-state index contributed by atoms with van der Waals surface area (Å²) in [7, 11) is 0. The maximum atomic E-state index is 8.86. The summed E-state index contributed by atoms with van der Waals surface area (Å²) >= 11 is 0. The molecule has 1 atom stereocenters. The Labute approximate surface area is 96.9 Å². The van der Waals surface area contributed by atoms with E-state index in [-0.39, 0.29) is 6.04 Å². The Morgan fingerprint density at radius 1 is 1.12 bits per heavy atom. The summed E-state index contributed by atoms with van der Waals surface area (Å²) in [4.78, 5) is 4.61. The van der Waals surface area contributed by atoms with E-state index in [1.54, 1.807) is 0 Å². The third-order valence-corrected chi connectivity index (χ3v) is 3.17. The van der Waals surface area contributed by atoms with Crippen molar-refractivity contribution >= 4 is 5.69 Å². The molecule has 2 rings (SSSR count). The van der Waals surface area contributed by atoms with E-state index >= 15 is 0 Å². The van der Waals surface area contributed by atoms with Crippen molar-refractivity contribution < 1.29 is 0 Å². The molecule has 0 amide bonds. The monoisotopic (exact) mass is 215 g/mol. The van der Waals surface area contributed by atoms with Gasteiger partial charge in [0, 0.05) is 31.9 Å². The van der Waals surface area contributed by atoms with Crippen molar-refractivity contribution in [2.45, 2.75) is 13.0 Å². The van der Waals surface area contributed by atoms with Crippen LogP contribution in [0.5, 0.6) is 0 Å². The summed E-state index contributed by atoms with van der Waals surface area (Å²) in [5, 5.41) is 8.86. The summed E-state index contributed by atoms with van der Waals surface area (Å²) in [6.07, 6.45) is 0. The van der Waals surface area contributed by atoms with Gasteiger partial charge in [-0.1, -0.05) is 18.2 Å². The zero-order chi connectivity index (χ0) is 11.4. The molecular weight excluding hydrogens is 198 g/mol. The highest BCUT2D eigenvalue weighted by molar-refractivity contribution is 5.46. The van der Waals surface area contributed by atoms with Gasteiger partial charge in [-0.25, -0.2) is 0 Å². The Balaban J connectivity index is 1.94. The molecule has 3 heteroatoms. The van der Waals surface area contributed by atoms with Crippen LogP contribution in [-0.2, 0) is 0 Å². The second-order valence-corrected chi connectivity index (χ2v) is 4.16. The zero-order valence-electron chi connectivity index (χ0n) is 9.63.